The van der Waals surface area contributed by atoms with Gasteiger partial charge in [0.1, 0.15) is 6.07 Å². The Balaban J connectivity index is 2.26. The SMILES string of the molecule is CC(C)CNc1c(C#N)c(-c2ccc(Cl)cc2Cl)cn2ccnc12. The summed E-state index contributed by atoms with van der Waals surface area (Å²) in [6, 6.07) is 7.58. The summed E-state index contributed by atoms with van der Waals surface area (Å²) in [5.74, 6) is 0.439. The molecule has 0 fully saturated rings. The Bertz CT molecular complexity index is 938. The number of nitriles is 1. The molecule has 0 amide bonds. The van der Waals surface area contributed by atoms with Crippen LogP contribution in [-0.2, 0) is 0 Å². The minimum Gasteiger partial charge on any atom is -0.381 e. The lowest BCUT2D eigenvalue weighted by Gasteiger charge is -2.16. The number of pyridine rings is 1. The maximum absolute atomic E-state index is 9.77. The predicted octanol–water partition coefficient (Wildman–Crippen LogP) is 5.25. The average molecular weight is 359 g/mol. The summed E-state index contributed by atoms with van der Waals surface area (Å²) in [4.78, 5) is 4.37. The highest BCUT2D eigenvalue weighted by molar-refractivity contribution is 6.36. The van der Waals surface area contributed by atoms with Gasteiger partial charge >= 0.3 is 0 Å². The molecular weight excluding hydrogens is 343 g/mol. The minimum atomic E-state index is 0.439. The van der Waals surface area contributed by atoms with E-state index in [1.54, 1.807) is 18.3 Å². The molecule has 1 N–H and O–H groups in total. The highest BCUT2D eigenvalue weighted by Crippen LogP contribution is 2.36. The maximum atomic E-state index is 9.77. The fourth-order valence-electron chi connectivity index (χ4n) is 2.56. The van der Waals surface area contributed by atoms with Crippen molar-refractivity contribution in [3.8, 4) is 17.2 Å². The van der Waals surface area contributed by atoms with E-state index in [0.29, 0.717) is 21.5 Å². The summed E-state index contributed by atoms with van der Waals surface area (Å²) in [6.07, 6.45) is 5.44. The van der Waals surface area contributed by atoms with Gasteiger partial charge in [0.05, 0.1) is 11.3 Å². The van der Waals surface area contributed by atoms with E-state index in [1.165, 1.54) is 0 Å². The molecule has 3 aromatic rings. The molecular formula is C18H16Cl2N4. The van der Waals surface area contributed by atoms with Crippen LogP contribution in [0.3, 0.4) is 0 Å². The van der Waals surface area contributed by atoms with E-state index >= 15 is 0 Å². The first-order valence-electron chi connectivity index (χ1n) is 7.60. The molecule has 0 aliphatic carbocycles. The van der Waals surface area contributed by atoms with Crippen molar-refractivity contribution in [2.24, 2.45) is 5.92 Å². The van der Waals surface area contributed by atoms with Gasteiger partial charge in [0.15, 0.2) is 5.65 Å². The van der Waals surface area contributed by atoms with E-state index in [1.807, 2.05) is 22.9 Å². The Kier molecular flexibility index (Phi) is 4.66. The molecule has 0 unspecified atom stereocenters. The molecule has 3 rings (SSSR count). The van der Waals surface area contributed by atoms with Crippen molar-refractivity contribution >= 4 is 34.5 Å². The Morgan fingerprint density at radius 3 is 2.75 bits per heavy atom. The van der Waals surface area contributed by atoms with Gasteiger partial charge in [-0.1, -0.05) is 43.1 Å². The lowest BCUT2D eigenvalue weighted by Crippen LogP contribution is -2.11. The Hall–Kier alpha value is -2.22. The van der Waals surface area contributed by atoms with Crippen molar-refractivity contribution in [1.29, 1.82) is 5.26 Å². The first-order chi connectivity index (χ1) is 11.5. The van der Waals surface area contributed by atoms with Gasteiger partial charge in [-0.05, 0) is 18.1 Å². The van der Waals surface area contributed by atoms with Gasteiger partial charge in [-0.25, -0.2) is 4.98 Å². The molecule has 0 aliphatic heterocycles. The molecule has 0 atom stereocenters. The fraction of sp³-hybridized carbons (Fsp3) is 0.222. The molecule has 1 aromatic carbocycles. The van der Waals surface area contributed by atoms with Crippen molar-refractivity contribution in [2.75, 3.05) is 11.9 Å². The molecule has 24 heavy (non-hydrogen) atoms. The van der Waals surface area contributed by atoms with Crippen molar-refractivity contribution < 1.29 is 0 Å². The van der Waals surface area contributed by atoms with Gasteiger partial charge in [0.2, 0.25) is 0 Å². The maximum Gasteiger partial charge on any atom is 0.161 e. The van der Waals surface area contributed by atoms with Crippen LogP contribution in [0.25, 0.3) is 16.8 Å². The van der Waals surface area contributed by atoms with Crippen LogP contribution in [0.2, 0.25) is 10.0 Å². The standard InChI is InChI=1S/C18H16Cl2N4/c1-11(2)9-23-17-14(8-21)15(10-24-6-5-22-18(17)24)13-4-3-12(19)7-16(13)20/h3-7,10-11,23H,9H2,1-2H3. The molecule has 0 saturated heterocycles. The van der Waals surface area contributed by atoms with E-state index in [-0.39, 0.29) is 0 Å². The molecule has 0 spiro atoms. The first-order valence-corrected chi connectivity index (χ1v) is 8.36. The summed E-state index contributed by atoms with van der Waals surface area (Å²) in [5, 5.41) is 14.2. The number of halogens is 2. The number of rotatable bonds is 4. The quantitative estimate of drug-likeness (QED) is 0.692. The second kappa shape index (κ2) is 6.72. The summed E-state index contributed by atoms with van der Waals surface area (Å²) in [7, 11) is 0. The first kappa shape index (κ1) is 16.6. The molecule has 0 radical (unpaired) electrons. The predicted molar refractivity (Wildman–Crippen MR) is 98.7 cm³/mol. The number of nitrogens with zero attached hydrogens (tertiary/aromatic N) is 3. The number of hydrogen-bond donors (Lipinski definition) is 1. The lowest BCUT2D eigenvalue weighted by molar-refractivity contribution is 0.689. The summed E-state index contributed by atoms with van der Waals surface area (Å²) < 4.78 is 1.89. The van der Waals surface area contributed by atoms with Gasteiger partial charge in [-0.2, -0.15) is 5.26 Å². The van der Waals surface area contributed by atoms with Crippen molar-refractivity contribution in [1.82, 2.24) is 9.38 Å². The number of aromatic nitrogens is 2. The third-order valence-electron chi connectivity index (χ3n) is 3.70. The molecule has 4 nitrogen and oxygen atoms in total. The van der Waals surface area contributed by atoms with Gasteiger partial charge in [-0.3, -0.25) is 0 Å². The second-order valence-electron chi connectivity index (χ2n) is 5.96. The van der Waals surface area contributed by atoms with Crippen molar-refractivity contribution in [3.63, 3.8) is 0 Å². The summed E-state index contributed by atoms with van der Waals surface area (Å²) >= 11 is 12.4. The number of nitrogens with one attached hydrogen (secondary N) is 1. The molecule has 2 aromatic heterocycles. The van der Waals surface area contributed by atoms with E-state index in [0.717, 1.165) is 29.0 Å². The second-order valence-corrected chi connectivity index (χ2v) is 6.81. The molecule has 6 heteroatoms. The van der Waals surface area contributed by atoms with Crippen molar-refractivity contribution in [3.05, 3.63) is 52.4 Å². The number of hydrogen-bond acceptors (Lipinski definition) is 3. The van der Waals surface area contributed by atoms with Crippen LogP contribution in [0.1, 0.15) is 19.4 Å². The zero-order valence-electron chi connectivity index (χ0n) is 13.3. The third-order valence-corrected chi connectivity index (χ3v) is 4.25. The molecule has 0 saturated carbocycles. The van der Waals surface area contributed by atoms with Crippen LogP contribution in [0, 0.1) is 17.2 Å². The Morgan fingerprint density at radius 2 is 2.08 bits per heavy atom. The minimum absolute atomic E-state index is 0.439. The van der Waals surface area contributed by atoms with Crippen LogP contribution in [0.5, 0.6) is 0 Å². The van der Waals surface area contributed by atoms with Crippen LogP contribution in [0.15, 0.2) is 36.8 Å². The normalized spacial score (nSPS) is 11.0. The van der Waals surface area contributed by atoms with Gasteiger partial charge in [0, 0.05) is 46.3 Å². The Morgan fingerprint density at radius 1 is 1.29 bits per heavy atom. The molecule has 2 heterocycles. The Labute approximate surface area is 150 Å². The van der Waals surface area contributed by atoms with Crippen LogP contribution in [0.4, 0.5) is 5.69 Å². The number of imidazole rings is 1. The van der Waals surface area contributed by atoms with Gasteiger partial charge in [0.25, 0.3) is 0 Å². The smallest absolute Gasteiger partial charge is 0.161 e. The number of anilines is 1. The highest BCUT2D eigenvalue weighted by Gasteiger charge is 2.18. The average Bonchev–Trinajstić information content (AvgIpc) is 2.99. The van der Waals surface area contributed by atoms with E-state index in [2.05, 4.69) is 30.2 Å². The molecule has 0 bridgehead atoms. The van der Waals surface area contributed by atoms with E-state index in [4.69, 9.17) is 23.2 Å². The third kappa shape index (κ3) is 3.06. The largest absolute Gasteiger partial charge is 0.381 e. The topological polar surface area (TPSA) is 53.1 Å². The van der Waals surface area contributed by atoms with Crippen LogP contribution < -0.4 is 5.32 Å². The highest BCUT2D eigenvalue weighted by atomic mass is 35.5. The van der Waals surface area contributed by atoms with Crippen LogP contribution in [-0.4, -0.2) is 15.9 Å². The van der Waals surface area contributed by atoms with Crippen molar-refractivity contribution in [2.45, 2.75) is 13.8 Å². The lowest BCUT2D eigenvalue weighted by atomic mass is 10.0. The monoisotopic (exact) mass is 358 g/mol. The van der Waals surface area contributed by atoms with E-state index in [9.17, 15) is 5.26 Å². The summed E-state index contributed by atoms with van der Waals surface area (Å²) in [6.45, 7) is 4.97. The number of fused-ring (bicyclic) bond motifs is 1. The molecule has 0 aliphatic rings. The fourth-order valence-corrected chi connectivity index (χ4v) is 3.07. The number of benzene rings is 1. The zero-order valence-corrected chi connectivity index (χ0v) is 14.9. The summed E-state index contributed by atoms with van der Waals surface area (Å²) in [5.41, 5.74) is 3.48. The zero-order chi connectivity index (χ0) is 17.3. The molecule has 122 valence electrons. The van der Waals surface area contributed by atoms with Gasteiger partial charge in [-0.15, -0.1) is 0 Å². The van der Waals surface area contributed by atoms with Gasteiger partial charge < -0.3 is 9.72 Å². The van der Waals surface area contributed by atoms with Crippen LogP contribution >= 0.6 is 23.2 Å². The van der Waals surface area contributed by atoms with E-state index < -0.39 is 0 Å².